The second kappa shape index (κ2) is 6.59. The van der Waals surface area contributed by atoms with Crippen molar-refractivity contribution >= 4 is 11.8 Å². The predicted octanol–water partition coefficient (Wildman–Crippen LogP) is 0.274. The Balaban J connectivity index is 2.64. The van der Waals surface area contributed by atoms with E-state index in [0.29, 0.717) is 13.0 Å². The van der Waals surface area contributed by atoms with E-state index in [1.807, 2.05) is 6.92 Å². The molecule has 5 nitrogen and oxygen atoms in total. The average molecular weight is 242 g/mol. The molecule has 2 amide bonds. The molecule has 0 aliphatic carbocycles. The fraction of sp³-hybridized carbons (Fsp3) is 0.833. The standard InChI is InChI=1S/C12H22N2O3/c1-3-11(16)14-7-5-4-6-10(14)12(17)13-9(2)8-15/h9-10,15H,3-8H2,1-2H3,(H,13,17). The number of carbonyl (C=O) groups is 2. The van der Waals surface area contributed by atoms with E-state index in [1.54, 1.807) is 11.8 Å². The zero-order valence-corrected chi connectivity index (χ0v) is 10.6. The molecule has 1 aliphatic rings. The van der Waals surface area contributed by atoms with Crippen LogP contribution in [0.15, 0.2) is 0 Å². The number of rotatable bonds is 4. The Morgan fingerprint density at radius 1 is 1.47 bits per heavy atom. The fourth-order valence-corrected chi connectivity index (χ4v) is 2.09. The zero-order chi connectivity index (χ0) is 12.8. The molecule has 1 saturated heterocycles. The van der Waals surface area contributed by atoms with E-state index in [2.05, 4.69) is 5.32 Å². The number of aliphatic hydroxyl groups is 1. The minimum Gasteiger partial charge on any atom is -0.394 e. The third kappa shape index (κ3) is 3.70. The molecule has 1 fully saturated rings. The van der Waals surface area contributed by atoms with Crippen LogP contribution < -0.4 is 5.32 Å². The summed E-state index contributed by atoms with van der Waals surface area (Å²) < 4.78 is 0. The Bertz CT molecular complexity index is 281. The average Bonchev–Trinajstić information content (AvgIpc) is 2.37. The summed E-state index contributed by atoms with van der Waals surface area (Å²) in [6.07, 6.45) is 3.08. The molecule has 1 heterocycles. The molecule has 17 heavy (non-hydrogen) atoms. The molecule has 0 aromatic rings. The normalized spacial score (nSPS) is 22.1. The van der Waals surface area contributed by atoms with Crippen molar-refractivity contribution in [2.75, 3.05) is 13.2 Å². The quantitative estimate of drug-likeness (QED) is 0.743. The summed E-state index contributed by atoms with van der Waals surface area (Å²) in [4.78, 5) is 25.4. The van der Waals surface area contributed by atoms with Gasteiger partial charge in [0.2, 0.25) is 11.8 Å². The van der Waals surface area contributed by atoms with Crippen LogP contribution >= 0.6 is 0 Å². The molecule has 2 N–H and O–H groups in total. The molecule has 0 bridgehead atoms. The van der Waals surface area contributed by atoms with Crippen LogP contribution in [0, 0.1) is 0 Å². The van der Waals surface area contributed by atoms with E-state index < -0.39 is 0 Å². The first-order valence-corrected chi connectivity index (χ1v) is 6.30. The summed E-state index contributed by atoms with van der Waals surface area (Å²) in [5, 5.41) is 11.6. The van der Waals surface area contributed by atoms with Crippen molar-refractivity contribution in [1.29, 1.82) is 0 Å². The largest absolute Gasteiger partial charge is 0.394 e. The van der Waals surface area contributed by atoms with E-state index in [-0.39, 0.29) is 30.5 Å². The highest BCUT2D eigenvalue weighted by atomic mass is 16.3. The summed E-state index contributed by atoms with van der Waals surface area (Å²) in [5.41, 5.74) is 0. The van der Waals surface area contributed by atoms with Gasteiger partial charge in [0.25, 0.3) is 0 Å². The molecule has 1 aliphatic heterocycles. The van der Waals surface area contributed by atoms with Crippen molar-refractivity contribution in [3.63, 3.8) is 0 Å². The third-order valence-electron chi connectivity index (χ3n) is 3.09. The van der Waals surface area contributed by atoms with Gasteiger partial charge in [-0.2, -0.15) is 0 Å². The van der Waals surface area contributed by atoms with Gasteiger partial charge in [0.05, 0.1) is 6.61 Å². The van der Waals surface area contributed by atoms with Gasteiger partial charge >= 0.3 is 0 Å². The number of hydrogen-bond donors (Lipinski definition) is 2. The van der Waals surface area contributed by atoms with E-state index in [9.17, 15) is 9.59 Å². The molecule has 1 rings (SSSR count). The Morgan fingerprint density at radius 2 is 2.18 bits per heavy atom. The lowest BCUT2D eigenvalue weighted by molar-refractivity contribution is -0.142. The van der Waals surface area contributed by atoms with Crippen LogP contribution in [0.3, 0.4) is 0 Å². The summed E-state index contributed by atoms with van der Waals surface area (Å²) in [5.74, 6) is -0.116. The summed E-state index contributed by atoms with van der Waals surface area (Å²) in [6.45, 7) is 4.13. The molecule has 0 spiro atoms. The monoisotopic (exact) mass is 242 g/mol. The molecule has 2 unspecified atom stereocenters. The van der Waals surface area contributed by atoms with E-state index >= 15 is 0 Å². The molecular weight excluding hydrogens is 220 g/mol. The Morgan fingerprint density at radius 3 is 2.76 bits per heavy atom. The van der Waals surface area contributed by atoms with Gasteiger partial charge in [-0.15, -0.1) is 0 Å². The van der Waals surface area contributed by atoms with Crippen molar-refractivity contribution in [2.45, 2.75) is 51.6 Å². The predicted molar refractivity (Wildman–Crippen MR) is 64.3 cm³/mol. The number of amides is 2. The van der Waals surface area contributed by atoms with Crippen LogP contribution in [-0.2, 0) is 9.59 Å². The number of nitrogens with zero attached hydrogens (tertiary/aromatic N) is 1. The number of piperidine rings is 1. The van der Waals surface area contributed by atoms with Crippen molar-refractivity contribution in [1.82, 2.24) is 10.2 Å². The second-order valence-corrected chi connectivity index (χ2v) is 4.54. The van der Waals surface area contributed by atoms with Gasteiger partial charge in [0.1, 0.15) is 6.04 Å². The van der Waals surface area contributed by atoms with Crippen molar-refractivity contribution < 1.29 is 14.7 Å². The smallest absolute Gasteiger partial charge is 0.243 e. The van der Waals surface area contributed by atoms with Crippen LogP contribution in [0.5, 0.6) is 0 Å². The summed E-state index contributed by atoms with van der Waals surface area (Å²) >= 11 is 0. The summed E-state index contributed by atoms with van der Waals surface area (Å²) in [7, 11) is 0. The molecule has 0 aromatic carbocycles. The van der Waals surface area contributed by atoms with Crippen LogP contribution in [0.1, 0.15) is 39.5 Å². The maximum Gasteiger partial charge on any atom is 0.243 e. The van der Waals surface area contributed by atoms with Gasteiger partial charge in [-0.3, -0.25) is 9.59 Å². The number of hydrogen-bond acceptors (Lipinski definition) is 3. The van der Waals surface area contributed by atoms with Gasteiger partial charge in [-0.25, -0.2) is 0 Å². The minimum absolute atomic E-state index is 0.0292. The first-order chi connectivity index (χ1) is 8.10. The topological polar surface area (TPSA) is 69.6 Å². The van der Waals surface area contributed by atoms with E-state index in [1.165, 1.54) is 0 Å². The van der Waals surface area contributed by atoms with Gasteiger partial charge in [-0.1, -0.05) is 6.92 Å². The highest BCUT2D eigenvalue weighted by Gasteiger charge is 2.31. The van der Waals surface area contributed by atoms with Crippen LogP contribution in [0.4, 0.5) is 0 Å². The SMILES string of the molecule is CCC(=O)N1CCCCC1C(=O)NC(C)CO. The summed E-state index contributed by atoms with van der Waals surface area (Å²) in [6, 6.07) is -0.617. The minimum atomic E-state index is -0.356. The van der Waals surface area contributed by atoms with Crippen molar-refractivity contribution in [3.8, 4) is 0 Å². The lowest BCUT2D eigenvalue weighted by Crippen LogP contribution is -2.53. The van der Waals surface area contributed by atoms with Crippen LogP contribution in [0.2, 0.25) is 0 Å². The van der Waals surface area contributed by atoms with E-state index in [4.69, 9.17) is 5.11 Å². The zero-order valence-electron chi connectivity index (χ0n) is 10.6. The maximum atomic E-state index is 12.0. The molecule has 5 heteroatoms. The highest BCUT2D eigenvalue weighted by molar-refractivity contribution is 5.87. The van der Waals surface area contributed by atoms with Crippen LogP contribution in [-0.4, -0.2) is 47.1 Å². The number of likely N-dealkylation sites (tertiary alicyclic amines) is 1. The highest BCUT2D eigenvalue weighted by Crippen LogP contribution is 2.18. The van der Waals surface area contributed by atoms with Crippen LogP contribution in [0.25, 0.3) is 0 Å². The molecular formula is C12H22N2O3. The first-order valence-electron chi connectivity index (χ1n) is 6.30. The van der Waals surface area contributed by atoms with Crippen molar-refractivity contribution in [2.24, 2.45) is 0 Å². The third-order valence-corrected chi connectivity index (χ3v) is 3.09. The maximum absolute atomic E-state index is 12.0. The van der Waals surface area contributed by atoms with Gasteiger partial charge in [0.15, 0.2) is 0 Å². The molecule has 0 radical (unpaired) electrons. The van der Waals surface area contributed by atoms with Gasteiger partial charge in [-0.05, 0) is 26.2 Å². The Hall–Kier alpha value is -1.10. The second-order valence-electron chi connectivity index (χ2n) is 4.54. The lowest BCUT2D eigenvalue weighted by Gasteiger charge is -2.35. The molecule has 0 saturated carbocycles. The molecule has 98 valence electrons. The van der Waals surface area contributed by atoms with Gasteiger partial charge in [0, 0.05) is 19.0 Å². The van der Waals surface area contributed by atoms with E-state index in [0.717, 1.165) is 19.3 Å². The fourth-order valence-electron chi connectivity index (χ4n) is 2.09. The van der Waals surface area contributed by atoms with Crippen molar-refractivity contribution in [3.05, 3.63) is 0 Å². The molecule has 0 aromatic heterocycles. The van der Waals surface area contributed by atoms with Gasteiger partial charge < -0.3 is 15.3 Å². The number of nitrogens with one attached hydrogen (secondary N) is 1. The number of carbonyl (C=O) groups excluding carboxylic acids is 2. The Kier molecular flexibility index (Phi) is 5.41. The lowest BCUT2D eigenvalue weighted by atomic mass is 10.0. The number of aliphatic hydroxyl groups excluding tert-OH is 1. The molecule has 2 atom stereocenters. The Labute approximate surface area is 102 Å². The first kappa shape index (κ1) is 14.0.